The van der Waals surface area contributed by atoms with E-state index in [9.17, 15) is 10.1 Å². The van der Waals surface area contributed by atoms with Crippen LogP contribution in [0.1, 0.15) is 55.1 Å². The number of benzene rings is 3. The Morgan fingerprint density at radius 2 is 1.48 bits per heavy atom. The summed E-state index contributed by atoms with van der Waals surface area (Å²) >= 11 is 19.6. The number of urea groups is 1. The second-order valence-corrected chi connectivity index (χ2v) is 15.0. The average molecular weight is 798 g/mol. The molecular formula is C40H47Cl3N6O5. The Morgan fingerprint density at radius 3 is 2.02 bits per heavy atom. The Bertz CT molecular complexity index is 1830. The first-order chi connectivity index (χ1) is 25.9. The van der Waals surface area contributed by atoms with E-state index in [4.69, 9.17) is 54.0 Å². The molecule has 5 rings (SSSR count). The first kappa shape index (κ1) is 41.3. The summed E-state index contributed by atoms with van der Waals surface area (Å²) in [5.74, 6) is 0.823. The summed E-state index contributed by atoms with van der Waals surface area (Å²) in [6.07, 6.45) is 0. The zero-order valence-corrected chi connectivity index (χ0v) is 33.6. The van der Waals surface area contributed by atoms with Gasteiger partial charge in [-0.1, -0.05) is 59.1 Å². The van der Waals surface area contributed by atoms with E-state index in [-0.39, 0.29) is 18.5 Å². The van der Waals surface area contributed by atoms with Crippen LogP contribution in [0, 0.1) is 11.3 Å². The van der Waals surface area contributed by atoms with Gasteiger partial charge in [-0.05, 0) is 73.9 Å². The van der Waals surface area contributed by atoms with E-state index in [1.807, 2.05) is 43.3 Å². The molecule has 0 saturated carbocycles. The van der Waals surface area contributed by atoms with E-state index in [0.717, 1.165) is 11.1 Å². The summed E-state index contributed by atoms with van der Waals surface area (Å²) in [5.41, 5.74) is 1.91. The van der Waals surface area contributed by atoms with Gasteiger partial charge in [-0.25, -0.2) is 4.79 Å². The molecule has 2 aliphatic heterocycles. The largest absolute Gasteiger partial charge is 0.493 e. The lowest BCUT2D eigenvalue weighted by atomic mass is 9.85. The molecule has 0 aliphatic carbocycles. The van der Waals surface area contributed by atoms with E-state index in [0.29, 0.717) is 96.9 Å². The van der Waals surface area contributed by atoms with E-state index in [1.54, 1.807) is 67.0 Å². The molecule has 0 radical (unpaired) electrons. The quantitative estimate of drug-likeness (QED) is 0.169. The van der Waals surface area contributed by atoms with Crippen molar-refractivity contribution in [2.75, 3.05) is 79.9 Å². The number of ether oxygens (including phenoxy) is 3. The number of piperazine rings is 1. The standard InChI is InChI=1S/C40H47Cl3N6O5/c1-6-54-34-24-32(40(2,3)26-44)33(43)23-31(34)38-45-36(27-7-11-29(41)12-8-27)37(28-9-13-30(42)14-10-28)49(38)39(51)48-17-15-46(16-18-48)25-35(50)47(19-21-52-4)20-22-53-5/h7-14,23-24,36-37H,6,15-22,25H2,1-5H3/t36-,37+/m0/s1. The van der Waals surface area contributed by atoms with Gasteiger partial charge >= 0.3 is 6.03 Å². The molecule has 2 atom stereocenters. The molecule has 0 bridgehead atoms. The molecule has 2 heterocycles. The molecule has 0 N–H and O–H groups in total. The van der Waals surface area contributed by atoms with Crippen LogP contribution in [0.25, 0.3) is 0 Å². The number of nitriles is 1. The van der Waals surface area contributed by atoms with Crippen molar-refractivity contribution in [3.63, 3.8) is 0 Å². The Kier molecular flexibility index (Phi) is 14.2. The molecule has 0 aromatic heterocycles. The van der Waals surface area contributed by atoms with Gasteiger partial charge < -0.3 is 24.0 Å². The number of hydrogen-bond acceptors (Lipinski definition) is 8. The molecule has 1 fully saturated rings. The zero-order chi connectivity index (χ0) is 39.0. The van der Waals surface area contributed by atoms with Crippen molar-refractivity contribution in [1.82, 2.24) is 19.6 Å². The van der Waals surface area contributed by atoms with Crippen LogP contribution in [0.2, 0.25) is 15.1 Å². The Balaban J connectivity index is 1.54. The minimum Gasteiger partial charge on any atom is -0.493 e. The van der Waals surface area contributed by atoms with Gasteiger partial charge in [-0.2, -0.15) is 5.26 Å². The van der Waals surface area contributed by atoms with Gasteiger partial charge in [0.2, 0.25) is 5.91 Å². The number of methoxy groups -OCH3 is 2. The molecule has 14 heteroatoms. The number of hydrogen-bond donors (Lipinski definition) is 0. The van der Waals surface area contributed by atoms with Crippen LogP contribution in [-0.4, -0.2) is 117 Å². The summed E-state index contributed by atoms with van der Waals surface area (Å²) in [6.45, 7) is 9.59. The maximum absolute atomic E-state index is 15.1. The average Bonchev–Trinajstić information content (AvgIpc) is 3.56. The normalized spacial score (nSPS) is 17.6. The van der Waals surface area contributed by atoms with Crippen LogP contribution in [0.3, 0.4) is 0 Å². The predicted molar refractivity (Wildman–Crippen MR) is 212 cm³/mol. The third kappa shape index (κ3) is 9.48. The maximum atomic E-state index is 15.1. The highest BCUT2D eigenvalue weighted by molar-refractivity contribution is 6.32. The Morgan fingerprint density at radius 1 is 0.907 bits per heavy atom. The van der Waals surface area contributed by atoms with E-state index in [1.165, 1.54) is 0 Å². The fraction of sp³-hybridized carbons (Fsp3) is 0.450. The van der Waals surface area contributed by atoms with Crippen molar-refractivity contribution < 1.29 is 23.8 Å². The second kappa shape index (κ2) is 18.6. The van der Waals surface area contributed by atoms with Crippen LogP contribution >= 0.6 is 34.8 Å². The number of amidine groups is 1. The van der Waals surface area contributed by atoms with Crippen LogP contribution in [0.15, 0.2) is 65.7 Å². The number of aliphatic imine (C=N–C) groups is 1. The lowest BCUT2D eigenvalue weighted by Gasteiger charge is -2.39. The highest BCUT2D eigenvalue weighted by Crippen LogP contribution is 2.46. The maximum Gasteiger partial charge on any atom is 0.326 e. The van der Waals surface area contributed by atoms with E-state index in [2.05, 4.69) is 11.0 Å². The third-order valence-corrected chi connectivity index (χ3v) is 10.6. The Labute approximate surface area is 332 Å². The highest BCUT2D eigenvalue weighted by atomic mass is 35.5. The van der Waals surface area contributed by atoms with Crippen molar-refractivity contribution in [2.45, 2.75) is 38.3 Å². The van der Waals surface area contributed by atoms with Crippen molar-refractivity contribution in [2.24, 2.45) is 4.99 Å². The lowest BCUT2D eigenvalue weighted by Crippen LogP contribution is -2.55. The van der Waals surface area contributed by atoms with Crippen molar-refractivity contribution in [3.8, 4) is 11.8 Å². The van der Waals surface area contributed by atoms with Crippen LogP contribution in [0.4, 0.5) is 4.79 Å². The van der Waals surface area contributed by atoms with Gasteiger partial charge in [0, 0.05) is 68.6 Å². The predicted octanol–water partition coefficient (Wildman–Crippen LogP) is 7.25. The van der Waals surface area contributed by atoms with Crippen molar-refractivity contribution >= 4 is 52.6 Å². The van der Waals surface area contributed by atoms with Gasteiger partial charge in [0.1, 0.15) is 17.6 Å². The van der Waals surface area contributed by atoms with Gasteiger partial charge in [0.25, 0.3) is 0 Å². The molecule has 0 unspecified atom stereocenters. The topological polar surface area (TPSA) is 111 Å². The summed E-state index contributed by atoms with van der Waals surface area (Å²) in [4.78, 5) is 41.0. The number of carbonyl (C=O) groups excluding carboxylic acids is 2. The van der Waals surface area contributed by atoms with Gasteiger partial charge in [-0.15, -0.1) is 0 Å². The monoisotopic (exact) mass is 796 g/mol. The second-order valence-electron chi connectivity index (χ2n) is 13.7. The fourth-order valence-corrected chi connectivity index (χ4v) is 7.35. The molecule has 11 nitrogen and oxygen atoms in total. The van der Waals surface area contributed by atoms with Crippen LogP contribution in [-0.2, 0) is 19.7 Å². The smallest absolute Gasteiger partial charge is 0.326 e. The number of halogens is 3. The minimum atomic E-state index is -0.905. The lowest BCUT2D eigenvalue weighted by molar-refractivity contribution is -0.134. The van der Waals surface area contributed by atoms with Gasteiger partial charge in [0.05, 0.1) is 49.5 Å². The summed E-state index contributed by atoms with van der Waals surface area (Å²) in [6, 6.07) is 19.4. The molecule has 288 valence electrons. The fourth-order valence-electron chi connectivity index (χ4n) is 6.70. The summed E-state index contributed by atoms with van der Waals surface area (Å²) < 4.78 is 16.6. The zero-order valence-electron chi connectivity index (χ0n) is 31.4. The van der Waals surface area contributed by atoms with Crippen molar-refractivity contribution in [3.05, 3.63) is 98.0 Å². The minimum absolute atomic E-state index is 0.0187. The molecule has 1 saturated heterocycles. The van der Waals surface area contributed by atoms with E-state index < -0.39 is 17.5 Å². The van der Waals surface area contributed by atoms with Gasteiger partial charge in [-0.3, -0.25) is 19.6 Å². The number of rotatable bonds is 14. The summed E-state index contributed by atoms with van der Waals surface area (Å²) in [5, 5.41) is 11.5. The van der Waals surface area contributed by atoms with Crippen LogP contribution < -0.4 is 4.74 Å². The van der Waals surface area contributed by atoms with Gasteiger partial charge in [0.15, 0.2) is 0 Å². The molecule has 0 spiro atoms. The summed E-state index contributed by atoms with van der Waals surface area (Å²) in [7, 11) is 3.22. The molecule has 3 aromatic rings. The first-order valence-corrected chi connectivity index (χ1v) is 19.1. The SMILES string of the molecule is CCOc1cc(C(C)(C)C#N)c(Cl)cc1C1=N[C@@H](c2ccc(Cl)cc2)[C@@H](c2ccc(Cl)cc2)N1C(=O)N1CCN(CC(=O)N(CCOC)CCOC)CC1. The molecule has 3 amide bonds. The molecule has 54 heavy (non-hydrogen) atoms. The highest BCUT2D eigenvalue weighted by Gasteiger charge is 2.45. The number of carbonyl (C=O) groups is 2. The number of amides is 3. The third-order valence-electron chi connectivity index (χ3n) is 9.74. The molecule has 3 aromatic carbocycles. The number of nitrogens with zero attached hydrogens (tertiary/aromatic N) is 6. The first-order valence-electron chi connectivity index (χ1n) is 18.0. The van der Waals surface area contributed by atoms with Crippen LogP contribution in [0.5, 0.6) is 5.75 Å². The van der Waals surface area contributed by atoms with E-state index >= 15 is 4.79 Å². The Hall–Kier alpha value is -3.89. The molecule has 2 aliphatic rings. The van der Waals surface area contributed by atoms with Crippen molar-refractivity contribution in [1.29, 1.82) is 5.26 Å². The molecular weight excluding hydrogens is 751 g/mol.